The summed E-state index contributed by atoms with van der Waals surface area (Å²) in [6.07, 6.45) is 7.10. The molecule has 1 aliphatic heterocycles. The van der Waals surface area contributed by atoms with Gasteiger partial charge >= 0.3 is 5.97 Å². The molecule has 0 atom stereocenters. The van der Waals surface area contributed by atoms with Crippen LogP contribution in [-0.4, -0.2) is 24.2 Å². The highest BCUT2D eigenvalue weighted by molar-refractivity contribution is 5.87. The van der Waals surface area contributed by atoms with Crippen molar-refractivity contribution in [2.45, 2.75) is 32.6 Å². The van der Waals surface area contributed by atoms with Gasteiger partial charge in [0.15, 0.2) is 0 Å². The van der Waals surface area contributed by atoms with Crippen LogP contribution in [0.1, 0.15) is 38.2 Å². The molecule has 0 radical (unpaired) electrons. The fourth-order valence-corrected chi connectivity index (χ4v) is 3.01. The van der Waals surface area contributed by atoms with Crippen LogP contribution in [-0.2, 0) is 4.79 Å². The molecule has 1 saturated heterocycles. The molecule has 0 bridgehead atoms. The van der Waals surface area contributed by atoms with Crippen molar-refractivity contribution in [2.75, 3.05) is 18.0 Å². The number of carboxylic acids is 1. The first kappa shape index (κ1) is 15.5. The molecule has 1 fully saturated rings. The first-order chi connectivity index (χ1) is 10.1. The predicted molar refractivity (Wildman–Crippen MR) is 82.9 cm³/mol. The number of benzene rings is 1. The number of hydrogen-bond donors (Lipinski definition) is 1. The van der Waals surface area contributed by atoms with Crippen molar-refractivity contribution in [1.82, 2.24) is 0 Å². The van der Waals surface area contributed by atoms with Crippen molar-refractivity contribution in [1.29, 1.82) is 0 Å². The Hall–Kier alpha value is -1.84. The molecule has 0 spiro atoms. The van der Waals surface area contributed by atoms with Crippen LogP contribution in [0.25, 0.3) is 6.08 Å². The van der Waals surface area contributed by atoms with E-state index in [2.05, 4.69) is 6.92 Å². The van der Waals surface area contributed by atoms with Crippen LogP contribution in [0.2, 0.25) is 0 Å². The minimum Gasteiger partial charge on any atom is -0.478 e. The number of hydrogen-bond acceptors (Lipinski definition) is 2. The maximum atomic E-state index is 14.2. The molecule has 0 saturated carbocycles. The average Bonchev–Trinajstić information content (AvgIpc) is 2.46. The van der Waals surface area contributed by atoms with E-state index in [0.717, 1.165) is 37.9 Å². The van der Waals surface area contributed by atoms with Crippen LogP contribution >= 0.6 is 0 Å². The van der Waals surface area contributed by atoms with Gasteiger partial charge in [-0.15, -0.1) is 0 Å². The smallest absolute Gasteiger partial charge is 0.328 e. The number of aliphatic carboxylic acids is 1. The second kappa shape index (κ2) is 7.25. The van der Waals surface area contributed by atoms with Gasteiger partial charge in [0, 0.05) is 24.7 Å². The van der Waals surface area contributed by atoms with Gasteiger partial charge in [0.1, 0.15) is 5.82 Å². The summed E-state index contributed by atoms with van der Waals surface area (Å²) in [6.45, 7) is 3.86. The van der Waals surface area contributed by atoms with E-state index in [1.165, 1.54) is 25.0 Å². The fourth-order valence-electron chi connectivity index (χ4n) is 3.01. The number of carbonyl (C=O) groups is 1. The van der Waals surface area contributed by atoms with Gasteiger partial charge in [-0.3, -0.25) is 0 Å². The lowest BCUT2D eigenvalue weighted by atomic mass is 9.92. The van der Waals surface area contributed by atoms with Crippen molar-refractivity contribution in [2.24, 2.45) is 5.92 Å². The fraction of sp³-hybridized carbons (Fsp3) is 0.471. The van der Waals surface area contributed by atoms with E-state index in [1.807, 2.05) is 4.90 Å². The molecule has 1 aromatic carbocycles. The molecule has 0 unspecified atom stereocenters. The largest absolute Gasteiger partial charge is 0.478 e. The molecule has 0 aliphatic carbocycles. The summed E-state index contributed by atoms with van der Waals surface area (Å²) in [5, 5.41) is 8.74. The third-order valence-corrected chi connectivity index (χ3v) is 4.05. The maximum Gasteiger partial charge on any atom is 0.328 e. The normalized spacial score (nSPS) is 16.6. The van der Waals surface area contributed by atoms with Crippen LogP contribution in [0.4, 0.5) is 10.1 Å². The zero-order valence-electron chi connectivity index (χ0n) is 12.4. The maximum absolute atomic E-state index is 14.2. The SMILES string of the molecule is CCCC1CCN(c2c(F)cccc2/C=C/C(=O)O)CC1. The van der Waals surface area contributed by atoms with Crippen LogP contribution in [0.3, 0.4) is 0 Å². The van der Waals surface area contributed by atoms with Gasteiger partial charge < -0.3 is 10.0 Å². The summed E-state index contributed by atoms with van der Waals surface area (Å²) in [5.74, 6) is -0.570. The number of para-hydroxylation sites is 1. The van der Waals surface area contributed by atoms with Crippen LogP contribution in [0.5, 0.6) is 0 Å². The number of anilines is 1. The van der Waals surface area contributed by atoms with E-state index in [0.29, 0.717) is 11.3 Å². The molecule has 1 aromatic rings. The Labute approximate surface area is 125 Å². The molecule has 21 heavy (non-hydrogen) atoms. The quantitative estimate of drug-likeness (QED) is 0.835. The number of halogens is 1. The summed E-state index contributed by atoms with van der Waals surface area (Å²) < 4.78 is 14.2. The molecule has 1 heterocycles. The Morgan fingerprint density at radius 1 is 1.43 bits per heavy atom. The third kappa shape index (κ3) is 4.06. The van der Waals surface area contributed by atoms with E-state index < -0.39 is 5.97 Å². The van der Waals surface area contributed by atoms with Gasteiger partial charge in [-0.25, -0.2) is 9.18 Å². The second-order valence-electron chi connectivity index (χ2n) is 5.57. The number of rotatable bonds is 5. The first-order valence-corrected chi connectivity index (χ1v) is 7.56. The van der Waals surface area contributed by atoms with Crippen LogP contribution < -0.4 is 4.90 Å². The monoisotopic (exact) mass is 291 g/mol. The molecule has 114 valence electrons. The van der Waals surface area contributed by atoms with Crippen LogP contribution in [0, 0.1) is 11.7 Å². The van der Waals surface area contributed by atoms with E-state index >= 15 is 0 Å². The van der Waals surface area contributed by atoms with Crippen molar-refractivity contribution in [3.63, 3.8) is 0 Å². The van der Waals surface area contributed by atoms with E-state index in [1.54, 1.807) is 12.1 Å². The van der Waals surface area contributed by atoms with Crippen molar-refractivity contribution in [3.8, 4) is 0 Å². The summed E-state index contributed by atoms with van der Waals surface area (Å²) in [7, 11) is 0. The molecule has 0 aromatic heterocycles. The minimum absolute atomic E-state index is 0.281. The van der Waals surface area contributed by atoms with Gasteiger partial charge in [-0.1, -0.05) is 31.9 Å². The zero-order chi connectivity index (χ0) is 15.2. The molecule has 3 nitrogen and oxygen atoms in total. The molecule has 4 heteroatoms. The van der Waals surface area contributed by atoms with Gasteiger partial charge in [0.25, 0.3) is 0 Å². The van der Waals surface area contributed by atoms with Gasteiger partial charge in [0.05, 0.1) is 5.69 Å². The molecule has 1 aliphatic rings. The van der Waals surface area contributed by atoms with Crippen molar-refractivity contribution >= 4 is 17.7 Å². The summed E-state index contributed by atoms with van der Waals surface area (Å²) in [4.78, 5) is 12.7. The lowest BCUT2D eigenvalue weighted by Crippen LogP contribution is -2.34. The van der Waals surface area contributed by atoms with E-state index in [-0.39, 0.29) is 5.82 Å². The lowest BCUT2D eigenvalue weighted by molar-refractivity contribution is -0.131. The lowest BCUT2D eigenvalue weighted by Gasteiger charge is -2.34. The van der Waals surface area contributed by atoms with Gasteiger partial charge in [-0.2, -0.15) is 0 Å². The Morgan fingerprint density at radius 3 is 2.76 bits per heavy atom. The predicted octanol–water partition coefficient (Wildman–Crippen LogP) is 3.94. The third-order valence-electron chi connectivity index (χ3n) is 4.05. The highest BCUT2D eigenvalue weighted by atomic mass is 19.1. The Bertz CT molecular complexity index is 520. The molecular formula is C17H22FNO2. The number of nitrogens with zero attached hydrogens (tertiary/aromatic N) is 1. The first-order valence-electron chi connectivity index (χ1n) is 7.56. The van der Waals surface area contributed by atoms with E-state index in [4.69, 9.17) is 5.11 Å². The Kier molecular flexibility index (Phi) is 5.37. The Balaban J connectivity index is 2.17. The van der Waals surface area contributed by atoms with Crippen molar-refractivity contribution in [3.05, 3.63) is 35.7 Å². The molecular weight excluding hydrogens is 269 g/mol. The summed E-state index contributed by atoms with van der Waals surface area (Å²) in [5.41, 5.74) is 1.16. The van der Waals surface area contributed by atoms with Crippen molar-refractivity contribution < 1.29 is 14.3 Å². The molecule has 1 N–H and O–H groups in total. The highest BCUT2D eigenvalue weighted by Gasteiger charge is 2.22. The highest BCUT2D eigenvalue weighted by Crippen LogP contribution is 2.31. The summed E-state index contributed by atoms with van der Waals surface area (Å²) >= 11 is 0. The number of piperidine rings is 1. The van der Waals surface area contributed by atoms with E-state index in [9.17, 15) is 9.18 Å². The van der Waals surface area contributed by atoms with Crippen LogP contribution in [0.15, 0.2) is 24.3 Å². The standard InChI is InChI=1S/C17H22FNO2/c1-2-4-13-9-11-19(12-10-13)17-14(7-8-16(20)21)5-3-6-15(17)18/h3,5-8,13H,2,4,9-12H2,1H3,(H,20,21)/b8-7+. The van der Waals surface area contributed by atoms with Gasteiger partial charge in [-0.05, 0) is 30.9 Å². The molecule has 0 amide bonds. The summed E-state index contributed by atoms with van der Waals surface area (Å²) in [6, 6.07) is 4.81. The second-order valence-corrected chi connectivity index (χ2v) is 5.57. The molecule has 2 rings (SSSR count). The minimum atomic E-state index is -1.02. The van der Waals surface area contributed by atoms with Gasteiger partial charge in [0.2, 0.25) is 0 Å². The topological polar surface area (TPSA) is 40.5 Å². The average molecular weight is 291 g/mol. The number of carboxylic acid groups (broad SMARTS) is 1. The Morgan fingerprint density at radius 2 is 2.14 bits per heavy atom. The zero-order valence-corrected chi connectivity index (χ0v) is 12.4.